The molecule has 0 spiro atoms. The second-order valence-electron chi connectivity index (χ2n) is 4.85. The number of carbonyl (C=O) groups is 1. The molecule has 21 heavy (non-hydrogen) atoms. The number of ether oxygens (including phenoxy) is 2. The predicted molar refractivity (Wildman–Crippen MR) is 92.0 cm³/mol. The number of unbranched alkanes of at least 4 members (excludes halogenated alkanes) is 1. The summed E-state index contributed by atoms with van der Waals surface area (Å²) in [5.41, 5.74) is 0. The van der Waals surface area contributed by atoms with E-state index in [4.69, 9.17) is 9.47 Å². The molecule has 0 aliphatic rings. The quantitative estimate of drug-likeness (QED) is 0.441. The number of nitrogens with one attached hydrogen (secondary N) is 1. The van der Waals surface area contributed by atoms with Crippen LogP contribution in [0.1, 0.15) is 60.3 Å². The molecule has 0 amide bonds. The van der Waals surface area contributed by atoms with Gasteiger partial charge in [0.2, 0.25) is 0 Å². The van der Waals surface area contributed by atoms with Crippen molar-refractivity contribution in [2.75, 3.05) is 40.0 Å². The molecular formula is C17H39NO3. The van der Waals surface area contributed by atoms with Gasteiger partial charge in [0.15, 0.2) is 0 Å². The van der Waals surface area contributed by atoms with Crippen LogP contribution >= 0.6 is 0 Å². The second kappa shape index (κ2) is 27.8. The molecule has 0 saturated carbocycles. The molecule has 0 aromatic rings. The van der Waals surface area contributed by atoms with E-state index in [1.807, 2.05) is 20.9 Å². The Hall–Kier alpha value is -0.450. The molecular weight excluding hydrogens is 266 g/mol. The molecule has 0 atom stereocenters. The topological polar surface area (TPSA) is 47.6 Å². The Morgan fingerprint density at radius 3 is 2.10 bits per heavy atom. The zero-order chi connectivity index (χ0) is 16.8. The molecule has 0 saturated heterocycles. The van der Waals surface area contributed by atoms with Gasteiger partial charge in [-0.15, -0.1) is 0 Å². The first-order valence-electron chi connectivity index (χ1n) is 8.42. The summed E-state index contributed by atoms with van der Waals surface area (Å²) in [5.74, 6) is 0.745. The summed E-state index contributed by atoms with van der Waals surface area (Å²) in [6.45, 7) is 13.8. The zero-order valence-corrected chi connectivity index (χ0v) is 15.2. The Bertz CT molecular complexity index is 160. The molecule has 1 N–H and O–H groups in total. The number of hydrogen-bond acceptors (Lipinski definition) is 4. The summed E-state index contributed by atoms with van der Waals surface area (Å²) in [4.78, 5) is 9.85. The Labute approximate surface area is 133 Å². The molecule has 4 nitrogen and oxygen atoms in total. The van der Waals surface area contributed by atoms with Crippen molar-refractivity contribution < 1.29 is 14.3 Å². The number of carbonyl (C=O) groups excluding carboxylic acids is 1. The van der Waals surface area contributed by atoms with Crippen LogP contribution < -0.4 is 5.32 Å². The van der Waals surface area contributed by atoms with Gasteiger partial charge >= 0.3 is 0 Å². The van der Waals surface area contributed by atoms with Crippen LogP contribution in [0, 0.1) is 5.92 Å². The minimum Gasteiger partial charge on any atom is -0.379 e. The van der Waals surface area contributed by atoms with E-state index in [1.165, 1.54) is 19.3 Å². The third-order valence-corrected chi connectivity index (χ3v) is 2.41. The first kappa shape index (κ1) is 25.5. The fourth-order valence-electron chi connectivity index (χ4n) is 1.30. The van der Waals surface area contributed by atoms with Crippen LogP contribution in [0.2, 0.25) is 0 Å². The van der Waals surface area contributed by atoms with Crippen molar-refractivity contribution in [2.24, 2.45) is 5.92 Å². The van der Waals surface area contributed by atoms with Crippen molar-refractivity contribution in [2.45, 2.75) is 60.3 Å². The van der Waals surface area contributed by atoms with Crippen LogP contribution in [-0.2, 0) is 14.3 Å². The molecule has 0 heterocycles. The van der Waals surface area contributed by atoms with Gasteiger partial charge in [-0.3, -0.25) is 0 Å². The molecule has 0 aliphatic carbocycles. The lowest BCUT2D eigenvalue weighted by Crippen LogP contribution is -2.06. The zero-order valence-electron chi connectivity index (χ0n) is 15.2. The maximum Gasteiger partial charge on any atom is 0.145 e. The normalized spacial score (nSPS) is 9.48. The van der Waals surface area contributed by atoms with Gasteiger partial charge in [0, 0.05) is 6.61 Å². The van der Waals surface area contributed by atoms with Gasteiger partial charge in [-0.1, -0.05) is 41.0 Å². The molecule has 0 unspecified atom stereocenters. The Morgan fingerprint density at radius 1 is 1.05 bits per heavy atom. The highest BCUT2D eigenvalue weighted by molar-refractivity contribution is 5.50. The van der Waals surface area contributed by atoms with Crippen LogP contribution in [-0.4, -0.2) is 46.3 Å². The van der Waals surface area contributed by atoms with Crippen LogP contribution in [0.5, 0.6) is 0 Å². The van der Waals surface area contributed by atoms with Gasteiger partial charge in [0.25, 0.3) is 0 Å². The van der Waals surface area contributed by atoms with E-state index < -0.39 is 0 Å². The highest BCUT2D eigenvalue weighted by atomic mass is 16.5. The van der Waals surface area contributed by atoms with E-state index in [0.29, 0.717) is 13.2 Å². The lowest BCUT2D eigenvalue weighted by atomic mass is 10.1. The molecule has 0 fully saturated rings. The maximum absolute atomic E-state index is 9.85. The first-order chi connectivity index (χ1) is 10.2. The molecule has 0 radical (unpaired) electrons. The molecule has 0 rings (SSSR count). The smallest absolute Gasteiger partial charge is 0.145 e. The summed E-state index contributed by atoms with van der Waals surface area (Å²) in [6, 6.07) is 0. The third-order valence-electron chi connectivity index (χ3n) is 2.41. The number of rotatable bonds is 12. The predicted octanol–water partition coefficient (Wildman–Crippen LogP) is 3.69. The summed E-state index contributed by atoms with van der Waals surface area (Å²) in [5, 5.41) is 3.07. The highest BCUT2D eigenvalue weighted by Gasteiger charge is 1.93. The monoisotopic (exact) mass is 305 g/mol. The van der Waals surface area contributed by atoms with Gasteiger partial charge in [-0.2, -0.15) is 0 Å². The fraction of sp³-hybridized carbons (Fsp3) is 0.941. The van der Waals surface area contributed by atoms with E-state index in [9.17, 15) is 4.79 Å². The first-order valence-corrected chi connectivity index (χ1v) is 8.42. The maximum atomic E-state index is 9.85. The van der Waals surface area contributed by atoms with Crippen LogP contribution in [0.3, 0.4) is 0 Å². The van der Waals surface area contributed by atoms with Gasteiger partial charge < -0.3 is 19.6 Å². The van der Waals surface area contributed by atoms with Gasteiger partial charge in [0.1, 0.15) is 12.9 Å². The Kier molecular flexibility index (Phi) is 33.8. The summed E-state index contributed by atoms with van der Waals surface area (Å²) in [6.07, 6.45) is 5.65. The Balaban J connectivity index is -0.000000339. The van der Waals surface area contributed by atoms with Crippen molar-refractivity contribution in [1.29, 1.82) is 0 Å². The molecule has 4 heteroatoms. The largest absolute Gasteiger partial charge is 0.379 e. The van der Waals surface area contributed by atoms with Crippen LogP contribution in [0.4, 0.5) is 0 Å². The average molecular weight is 306 g/mol. The number of aldehydes is 1. The van der Waals surface area contributed by atoms with Gasteiger partial charge in [0.05, 0.1) is 13.2 Å². The lowest BCUT2D eigenvalue weighted by Gasteiger charge is -2.05. The van der Waals surface area contributed by atoms with E-state index in [-0.39, 0.29) is 6.61 Å². The van der Waals surface area contributed by atoms with Gasteiger partial charge in [-0.05, 0) is 38.8 Å². The average Bonchev–Trinajstić information content (AvgIpc) is 2.50. The van der Waals surface area contributed by atoms with Crippen molar-refractivity contribution >= 4 is 6.29 Å². The lowest BCUT2D eigenvalue weighted by molar-refractivity contribution is -0.112. The van der Waals surface area contributed by atoms with Crippen molar-refractivity contribution in [3.63, 3.8) is 0 Å². The molecule has 0 aromatic carbocycles. The number of hydrogen-bond donors (Lipinski definition) is 1. The molecule has 0 aliphatic heterocycles. The van der Waals surface area contributed by atoms with Crippen LogP contribution in [0.25, 0.3) is 0 Å². The van der Waals surface area contributed by atoms with Crippen molar-refractivity contribution in [1.82, 2.24) is 5.32 Å². The summed E-state index contributed by atoms with van der Waals surface area (Å²) in [7, 11) is 1.98. The third kappa shape index (κ3) is 38.2. The standard InChI is InChI=1S/C10H20O3.C5H13N.C2H6/c1-10(2)4-3-6-12-8-9-13-7-5-11;1-3-4-5-6-2;1-2/h5,10H,3-4,6-9H2,1-2H3;6H,3-5H2,1-2H3;1-2H3. The minimum atomic E-state index is 0.176. The fourth-order valence-corrected chi connectivity index (χ4v) is 1.30. The molecule has 130 valence electrons. The summed E-state index contributed by atoms with van der Waals surface area (Å²) < 4.78 is 10.2. The van der Waals surface area contributed by atoms with E-state index in [2.05, 4.69) is 26.1 Å². The van der Waals surface area contributed by atoms with Gasteiger partial charge in [-0.25, -0.2) is 0 Å². The van der Waals surface area contributed by atoms with E-state index >= 15 is 0 Å². The van der Waals surface area contributed by atoms with E-state index in [1.54, 1.807) is 0 Å². The van der Waals surface area contributed by atoms with Crippen molar-refractivity contribution in [3.8, 4) is 0 Å². The highest BCUT2D eigenvalue weighted by Crippen LogP contribution is 2.02. The van der Waals surface area contributed by atoms with Crippen LogP contribution in [0.15, 0.2) is 0 Å². The molecule has 0 aromatic heterocycles. The second-order valence-corrected chi connectivity index (χ2v) is 4.85. The minimum absolute atomic E-state index is 0.176. The van der Waals surface area contributed by atoms with E-state index in [0.717, 1.165) is 31.8 Å². The SMILES string of the molecule is CC.CC(C)CCCOCCOCC=O.CCCCNC. The van der Waals surface area contributed by atoms with Crippen molar-refractivity contribution in [3.05, 3.63) is 0 Å². The summed E-state index contributed by atoms with van der Waals surface area (Å²) >= 11 is 0. The molecule has 0 bridgehead atoms. The Morgan fingerprint density at radius 2 is 1.67 bits per heavy atom.